The first-order chi connectivity index (χ1) is 10.9. The van der Waals surface area contributed by atoms with Gasteiger partial charge in [-0.05, 0) is 36.6 Å². The molecule has 1 aromatic carbocycles. The molecule has 120 valence electrons. The van der Waals surface area contributed by atoms with Gasteiger partial charge in [0.25, 0.3) is 0 Å². The van der Waals surface area contributed by atoms with Crippen LogP contribution in [0.15, 0.2) is 42.6 Å². The van der Waals surface area contributed by atoms with E-state index in [-0.39, 0.29) is 12.3 Å². The highest BCUT2D eigenvalue weighted by atomic mass is 19.4. The molecule has 0 saturated carbocycles. The van der Waals surface area contributed by atoms with Crippen LogP contribution < -0.4 is 4.90 Å². The van der Waals surface area contributed by atoms with E-state index in [1.54, 1.807) is 23.2 Å². The van der Waals surface area contributed by atoms with Crippen molar-refractivity contribution in [3.05, 3.63) is 59.4 Å². The fraction of sp³-hybridized carbons (Fsp3) is 0.294. The quantitative estimate of drug-likeness (QED) is 0.847. The molecule has 0 saturated heterocycles. The average molecular weight is 320 g/mol. The average Bonchev–Trinajstić information content (AvgIpc) is 2.53. The SMILES string of the molecule is O=C(Cc1cccc(C(F)(F)F)c1)N1CCCc2ncccc21. The standard InChI is InChI=1S/C17H15F3N2O/c18-17(19,20)13-5-1-4-12(10-13)11-16(23)22-9-3-6-14-15(22)7-2-8-21-14/h1-2,4-5,7-8,10H,3,6,9,11H2. The zero-order valence-corrected chi connectivity index (χ0v) is 12.3. The first kappa shape index (κ1) is 15.5. The van der Waals surface area contributed by atoms with Crippen LogP contribution in [0.4, 0.5) is 18.9 Å². The molecule has 0 N–H and O–H groups in total. The van der Waals surface area contributed by atoms with Crippen LogP contribution in [0.2, 0.25) is 0 Å². The fourth-order valence-electron chi connectivity index (χ4n) is 2.78. The maximum absolute atomic E-state index is 12.8. The predicted octanol–water partition coefficient (Wildman–Crippen LogP) is 3.62. The summed E-state index contributed by atoms with van der Waals surface area (Å²) in [7, 11) is 0. The fourth-order valence-corrected chi connectivity index (χ4v) is 2.78. The summed E-state index contributed by atoms with van der Waals surface area (Å²) >= 11 is 0. The number of anilines is 1. The summed E-state index contributed by atoms with van der Waals surface area (Å²) in [6.45, 7) is 0.566. The number of hydrogen-bond acceptors (Lipinski definition) is 2. The van der Waals surface area contributed by atoms with Crippen LogP contribution in [-0.4, -0.2) is 17.4 Å². The van der Waals surface area contributed by atoms with Gasteiger partial charge in [-0.15, -0.1) is 0 Å². The van der Waals surface area contributed by atoms with Crippen molar-refractivity contribution in [3.8, 4) is 0 Å². The van der Waals surface area contributed by atoms with Gasteiger partial charge in [0.2, 0.25) is 5.91 Å². The number of halogens is 3. The molecule has 1 amide bonds. The summed E-state index contributed by atoms with van der Waals surface area (Å²) in [5, 5.41) is 0. The van der Waals surface area contributed by atoms with E-state index in [0.717, 1.165) is 36.4 Å². The van der Waals surface area contributed by atoms with E-state index in [1.165, 1.54) is 6.07 Å². The predicted molar refractivity (Wildman–Crippen MR) is 80.1 cm³/mol. The van der Waals surface area contributed by atoms with Crippen LogP contribution in [0.1, 0.15) is 23.2 Å². The lowest BCUT2D eigenvalue weighted by Crippen LogP contribution is -2.36. The molecule has 3 nitrogen and oxygen atoms in total. The van der Waals surface area contributed by atoms with Crippen molar-refractivity contribution in [3.63, 3.8) is 0 Å². The molecule has 1 aromatic heterocycles. The number of carbonyl (C=O) groups excluding carboxylic acids is 1. The van der Waals surface area contributed by atoms with Crippen molar-refractivity contribution in [1.29, 1.82) is 0 Å². The van der Waals surface area contributed by atoms with Crippen LogP contribution in [0.3, 0.4) is 0 Å². The molecule has 23 heavy (non-hydrogen) atoms. The molecule has 0 unspecified atom stereocenters. The normalized spacial score (nSPS) is 14.5. The Kier molecular flexibility index (Phi) is 4.07. The zero-order chi connectivity index (χ0) is 16.4. The van der Waals surface area contributed by atoms with Gasteiger partial charge in [0.05, 0.1) is 23.4 Å². The number of alkyl halides is 3. The van der Waals surface area contributed by atoms with Gasteiger partial charge in [-0.3, -0.25) is 9.78 Å². The van der Waals surface area contributed by atoms with Crippen molar-refractivity contribution in [2.45, 2.75) is 25.4 Å². The highest BCUT2D eigenvalue weighted by Crippen LogP contribution is 2.30. The highest BCUT2D eigenvalue weighted by molar-refractivity contribution is 5.95. The summed E-state index contributed by atoms with van der Waals surface area (Å²) in [4.78, 5) is 18.4. The first-order valence-electron chi connectivity index (χ1n) is 7.35. The number of fused-ring (bicyclic) bond motifs is 1. The summed E-state index contributed by atoms with van der Waals surface area (Å²) in [6.07, 6.45) is -1.17. The second kappa shape index (κ2) is 6.02. The second-order valence-electron chi connectivity index (χ2n) is 5.49. The molecular formula is C17H15F3N2O. The molecule has 3 rings (SSSR count). The number of aromatic nitrogens is 1. The van der Waals surface area contributed by atoms with Crippen molar-refractivity contribution in [1.82, 2.24) is 4.98 Å². The van der Waals surface area contributed by atoms with Crippen LogP contribution in [0.5, 0.6) is 0 Å². The molecule has 6 heteroatoms. The van der Waals surface area contributed by atoms with Gasteiger partial charge >= 0.3 is 6.18 Å². The number of nitrogens with zero attached hydrogens (tertiary/aromatic N) is 2. The molecular weight excluding hydrogens is 305 g/mol. The topological polar surface area (TPSA) is 33.2 Å². The van der Waals surface area contributed by atoms with Crippen molar-refractivity contribution in [2.75, 3.05) is 11.4 Å². The maximum Gasteiger partial charge on any atom is 0.416 e. The lowest BCUT2D eigenvalue weighted by atomic mass is 10.0. The summed E-state index contributed by atoms with van der Waals surface area (Å²) in [5.74, 6) is -0.210. The van der Waals surface area contributed by atoms with Crippen LogP contribution >= 0.6 is 0 Å². The van der Waals surface area contributed by atoms with Gasteiger partial charge in [0.1, 0.15) is 0 Å². The Balaban J connectivity index is 1.81. The highest BCUT2D eigenvalue weighted by Gasteiger charge is 2.31. The third kappa shape index (κ3) is 3.36. The van der Waals surface area contributed by atoms with Crippen LogP contribution in [0.25, 0.3) is 0 Å². The van der Waals surface area contributed by atoms with Crippen molar-refractivity contribution >= 4 is 11.6 Å². The van der Waals surface area contributed by atoms with E-state index < -0.39 is 11.7 Å². The Morgan fingerprint density at radius 2 is 2.04 bits per heavy atom. The Morgan fingerprint density at radius 1 is 1.22 bits per heavy atom. The van der Waals surface area contributed by atoms with E-state index in [1.807, 2.05) is 6.07 Å². The van der Waals surface area contributed by atoms with E-state index >= 15 is 0 Å². The molecule has 0 radical (unpaired) electrons. The molecule has 0 spiro atoms. The monoisotopic (exact) mass is 320 g/mol. The second-order valence-corrected chi connectivity index (χ2v) is 5.49. The molecule has 0 aliphatic carbocycles. The molecule has 0 bridgehead atoms. The molecule has 2 aromatic rings. The minimum Gasteiger partial charge on any atom is -0.310 e. The molecule has 0 fully saturated rings. The smallest absolute Gasteiger partial charge is 0.310 e. The van der Waals surface area contributed by atoms with Gasteiger partial charge in [0, 0.05) is 12.7 Å². The van der Waals surface area contributed by atoms with E-state index in [9.17, 15) is 18.0 Å². The molecule has 1 aliphatic heterocycles. The Morgan fingerprint density at radius 3 is 2.83 bits per heavy atom. The van der Waals surface area contributed by atoms with E-state index in [0.29, 0.717) is 12.1 Å². The number of amides is 1. The molecule has 2 heterocycles. The van der Waals surface area contributed by atoms with Gasteiger partial charge < -0.3 is 4.90 Å². The van der Waals surface area contributed by atoms with E-state index in [4.69, 9.17) is 0 Å². The maximum atomic E-state index is 12.8. The van der Waals surface area contributed by atoms with Crippen LogP contribution in [-0.2, 0) is 23.8 Å². The first-order valence-corrected chi connectivity index (χ1v) is 7.35. The van der Waals surface area contributed by atoms with Gasteiger partial charge in [-0.2, -0.15) is 13.2 Å². The van der Waals surface area contributed by atoms with Gasteiger partial charge in [-0.25, -0.2) is 0 Å². The van der Waals surface area contributed by atoms with Crippen molar-refractivity contribution in [2.24, 2.45) is 0 Å². The zero-order valence-electron chi connectivity index (χ0n) is 12.3. The summed E-state index contributed by atoms with van der Waals surface area (Å²) < 4.78 is 38.3. The minimum atomic E-state index is -4.40. The Hall–Kier alpha value is -2.37. The number of rotatable bonds is 2. The van der Waals surface area contributed by atoms with Crippen LogP contribution in [0, 0.1) is 0 Å². The number of pyridine rings is 1. The van der Waals surface area contributed by atoms with Gasteiger partial charge in [-0.1, -0.05) is 18.2 Å². The Labute approximate surface area is 131 Å². The van der Waals surface area contributed by atoms with Crippen molar-refractivity contribution < 1.29 is 18.0 Å². The van der Waals surface area contributed by atoms with E-state index in [2.05, 4.69) is 4.98 Å². The molecule has 0 atom stereocenters. The van der Waals surface area contributed by atoms with Gasteiger partial charge in [0.15, 0.2) is 0 Å². The number of aryl methyl sites for hydroxylation is 1. The third-order valence-electron chi connectivity index (χ3n) is 3.86. The number of hydrogen-bond donors (Lipinski definition) is 0. The third-order valence-corrected chi connectivity index (χ3v) is 3.86. The number of benzene rings is 1. The minimum absolute atomic E-state index is 0.0573. The lowest BCUT2D eigenvalue weighted by Gasteiger charge is -2.28. The number of carbonyl (C=O) groups is 1. The Bertz CT molecular complexity index is 728. The largest absolute Gasteiger partial charge is 0.416 e. The summed E-state index contributed by atoms with van der Waals surface area (Å²) in [6, 6.07) is 8.50. The summed E-state index contributed by atoms with van der Waals surface area (Å²) in [5.41, 5.74) is 1.25. The molecule has 1 aliphatic rings. The lowest BCUT2D eigenvalue weighted by molar-refractivity contribution is -0.137.